The van der Waals surface area contributed by atoms with Gasteiger partial charge in [-0.3, -0.25) is 14.4 Å². The van der Waals surface area contributed by atoms with Gasteiger partial charge in [0.25, 0.3) is 0 Å². The molecule has 5 nitrogen and oxygen atoms in total. The lowest BCUT2D eigenvalue weighted by atomic mass is 9.44. The number of hydrogen-bond acceptors (Lipinski definition) is 5. The number of ketones is 2. The summed E-state index contributed by atoms with van der Waals surface area (Å²) in [4.78, 5) is 37.7. The van der Waals surface area contributed by atoms with E-state index < -0.39 is 40.1 Å². The number of aliphatic hydroxyl groups excluding tert-OH is 1. The predicted octanol–water partition coefficient (Wildman–Crippen LogP) is 4.10. The molecule has 0 bridgehead atoms. The number of hydrogen-bond donors (Lipinski definition) is 1. The first-order valence-electron chi connectivity index (χ1n) is 11.5. The molecule has 0 aliphatic heterocycles. The molecule has 0 aromatic rings. The molecule has 0 aromatic heterocycles. The van der Waals surface area contributed by atoms with Gasteiger partial charge in [0.1, 0.15) is 0 Å². The zero-order chi connectivity index (χ0) is 23.7. The zero-order valence-electron chi connectivity index (χ0n) is 19.1. The maximum atomic E-state index is 17.2. The smallest absolute Gasteiger partial charge is 0.306 e. The Morgan fingerprint density at radius 1 is 1.31 bits per heavy atom. The van der Waals surface area contributed by atoms with Crippen molar-refractivity contribution in [3.8, 4) is 0 Å². The van der Waals surface area contributed by atoms with Crippen LogP contribution >= 0.6 is 11.6 Å². The molecule has 4 aliphatic rings. The molecule has 4 rings (SSSR count). The van der Waals surface area contributed by atoms with Crippen molar-refractivity contribution < 1.29 is 28.6 Å². The second-order valence-corrected chi connectivity index (χ2v) is 10.8. The van der Waals surface area contributed by atoms with E-state index in [1.54, 1.807) is 19.9 Å². The molecular formula is C25H32ClFO5. The summed E-state index contributed by atoms with van der Waals surface area (Å²) < 4.78 is 23.1. The van der Waals surface area contributed by atoms with Crippen molar-refractivity contribution in [1.29, 1.82) is 0 Å². The number of Topliss-reactive ketones (excluding diaryl/α,β-unsaturated/α-hetero) is 1. The number of allylic oxidation sites excluding steroid dienone is 4. The molecule has 8 atom stereocenters. The third-order valence-corrected chi connectivity index (χ3v) is 9.52. The van der Waals surface area contributed by atoms with Crippen LogP contribution in [-0.2, 0) is 19.1 Å². The standard InChI is InChI=1S/C25H32ClFO5/c1-5-21(31)32-25(20(30)13-26)14(2)10-18-17-7-6-15-11-16(28)8-9-22(15,3)24(17,27)19(29)12-23(18,25)4/h8-9,11,14,17-19,29H,5-7,10,12-13H2,1-4H3/t14-,17?,18?,19-,22-,23-,24-,25-/m0/s1. The Kier molecular flexibility index (Phi) is 5.53. The quantitative estimate of drug-likeness (QED) is 0.498. The summed E-state index contributed by atoms with van der Waals surface area (Å²) in [6, 6.07) is 0. The Morgan fingerprint density at radius 3 is 2.62 bits per heavy atom. The van der Waals surface area contributed by atoms with Crippen LogP contribution in [0, 0.1) is 28.6 Å². The summed E-state index contributed by atoms with van der Waals surface area (Å²) in [7, 11) is 0. The maximum absolute atomic E-state index is 17.2. The number of fused-ring (bicyclic) bond motifs is 5. The predicted molar refractivity (Wildman–Crippen MR) is 118 cm³/mol. The SMILES string of the molecule is CCC(=O)O[C@]1(C(=O)CCl)[C@@H](C)CC2C3CCC4=CC(=O)C=C[C@]4(C)[C@@]3(F)[C@@H](O)C[C@@]21C. The molecule has 0 spiro atoms. The molecule has 32 heavy (non-hydrogen) atoms. The third-order valence-electron chi connectivity index (χ3n) is 9.28. The van der Waals surface area contributed by atoms with Crippen LogP contribution in [0.15, 0.2) is 23.8 Å². The Bertz CT molecular complexity index is 929. The lowest BCUT2D eigenvalue weighted by Crippen LogP contribution is -2.70. The Balaban J connectivity index is 1.85. The van der Waals surface area contributed by atoms with E-state index >= 15 is 4.39 Å². The Morgan fingerprint density at radius 2 is 2.00 bits per heavy atom. The molecule has 0 heterocycles. The molecule has 176 valence electrons. The van der Waals surface area contributed by atoms with Gasteiger partial charge in [-0.25, -0.2) is 4.39 Å². The second kappa shape index (κ2) is 7.49. The third kappa shape index (κ3) is 2.68. The Hall–Kier alpha value is -1.53. The molecule has 7 heteroatoms. The normalized spacial score (nSPS) is 47.2. The van der Waals surface area contributed by atoms with E-state index in [0.29, 0.717) is 24.8 Å². The molecule has 0 saturated heterocycles. The van der Waals surface area contributed by atoms with Crippen molar-refractivity contribution in [1.82, 2.24) is 0 Å². The number of alkyl halides is 2. The van der Waals surface area contributed by atoms with E-state index in [1.807, 2.05) is 13.8 Å². The van der Waals surface area contributed by atoms with E-state index in [1.165, 1.54) is 12.2 Å². The maximum Gasteiger partial charge on any atom is 0.306 e. The number of aliphatic hydroxyl groups is 1. The Labute approximate surface area is 193 Å². The van der Waals surface area contributed by atoms with E-state index in [4.69, 9.17) is 16.3 Å². The number of halogens is 2. The minimum atomic E-state index is -1.99. The zero-order valence-corrected chi connectivity index (χ0v) is 19.9. The molecule has 0 amide bonds. The summed E-state index contributed by atoms with van der Waals surface area (Å²) in [6.45, 7) is 7.13. The highest BCUT2D eigenvalue weighted by molar-refractivity contribution is 6.29. The summed E-state index contributed by atoms with van der Waals surface area (Å²) in [5, 5.41) is 11.4. The highest BCUT2D eigenvalue weighted by Gasteiger charge is 2.77. The number of rotatable bonds is 4. The first-order chi connectivity index (χ1) is 14.9. The molecule has 0 aromatic carbocycles. The number of carbonyl (C=O) groups excluding carboxylic acids is 3. The summed E-state index contributed by atoms with van der Waals surface area (Å²) in [5.74, 6) is -2.57. The van der Waals surface area contributed by atoms with Crippen LogP contribution in [0.2, 0.25) is 0 Å². The molecular weight excluding hydrogens is 435 g/mol. The lowest BCUT2D eigenvalue weighted by Gasteiger charge is -2.62. The van der Waals surface area contributed by atoms with Gasteiger partial charge in [-0.15, -0.1) is 11.6 Å². The fourth-order valence-corrected chi connectivity index (χ4v) is 7.95. The van der Waals surface area contributed by atoms with Crippen LogP contribution in [0.5, 0.6) is 0 Å². The van der Waals surface area contributed by atoms with E-state index in [0.717, 1.165) is 0 Å². The number of esters is 1. The first-order valence-corrected chi connectivity index (χ1v) is 12.1. The van der Waals surface area contributed by atoms with Gasteiger partial charge in [0.05, 0.1) is 12.0 Å². The van der Waals surface area contributed by atoms with Gasteiger partial charge < -0.3 is 9.84 Å². The minimum absolute atomic E-state index is 0.0285. The van der Waals surface area contributed by atoms with Crippen LogP contribution in [-0.4, -0.2) is 45.9 Å². The van der Waals surface area contributed by atoms with Crippen LogP contribution in [0.25, 0.3) is 0 Å². The van der Waals surface area contributed by atoms with Gasteiger partial charge in [0.2, 0.25) is 0 Å². The highest BCUT2D eigenvalue weighted by Crippen LogP contribution is 2.71. The van der Waals surface area contributed by atoms with Gasteiger partial charge in [-0.2, -0.15) is 0 Å². The average Bonchev–Trinajstić information content (AvgIpc) is 2.96. The van der Waals surface area contributed by atoms with Gasteiger partial charge in [-0.1, -0.05) is 32.4 Å². The van der Waals surface area contributed by atoms with Crippen molar-refractivity contribution in [2.24, 2.45) is 28.6 Å². The molecule has 1 N–H and O–H groups in total. The van der Waals surface area contributed by atoms with Gasteiger partial charge in [0, 0.05) is 29.1 Å². The van der Waals surface area contributed by atoms with Crippen LogP contribution in [0.4, 0.5) is 4.39 Å². The van der Waals surface area contributed by atoms with Crippen LogP contribution in [0.1, 0.15) is 59.8 Å². The van der Waals surface area contributed by atoms with E-state index in [9.17, 15) is 19.5 Å². The van der Waals surface area contributed by atoms with Crippen molar-refractivity contribution >= 4 is 29.1 Å². The fraction of sp³-hybridized carbons (Fsp3) is 0.720. The molecule has 2 unspecified atom stereocenters. The van der Waals surface area contributed by atoms with Crippen molar-refractivity contribution in [2.75, 3.05) is 5.88 Å². The fourth-order valence-electron chi connectivity index (χ4n) is 7.75. The van der Waals surface area contributed by atoms with Gasteiger partial charge in [-0.05, 0) is 50.7 Å². The summed E-state index contributed by atoms with van der Waals surface area (Å²) in [5.41, 5.74) is -4.83. The van der Waals surface area contributed by atoms with Crippen molar-refractivity contribution in [3.05, 3.63) is 23.8 Å². The minimum Gasteiger partial charge on any atom is -0.450 e. The number of ether oxygens (including phenoxy) is 1. The topological polar surface area (TPSA) is 80.7 Å². The van der Waals surface area contributed by atoms with E-state index in [-0.39, 0.29) is 42.1 Å². The lowest BCUT2D eigenvalue weighted by molar-refractivity contribution is -0.227. The summed E-state index contributed by atoms with van der Waals surface area (Å²) >= 11 is 6.01. The monoisotopic (exact) mass is 466 g/mol. The van der Waals surface area contributed by atoms with E-state index in [2.05, 4.69) is 0 Å². The number of carbonyl (C=O) groups is 3. The molecule has 3 saturated carbocycles. The molecule has 3 fully saturated rings. The van der Waals surface area contributed by atoms with Gasteiger partial charge in [0.15, 0.2) is 22.8 Å². The van der Waals surface area contributed by atoms with Crippen molar-refractivity contribution in [2.45, 2.75) is 77.2 Å². The summed E-state index contributed by atoms with van der Waals surface area (Å²) in [6.07, 6.45) is 4.67. The second-order valence-electron chi connectivity index (χ2n) is 10.5. The van der Waals surface area contributed by atoms with Crippen molar-refractivity contribution in [3.63, 3.8) is 0 Å². The van der Waals surface area contributed by atoms with Crippen LogP contribution < -0.4 is 0 Å². The molecule has 4 aliphatic carbocycles. The highest BCUT2D eigenvalue weighted by atomic mass is 35.5. The largest absolute Gasteiger partial charge is 0.450 e. The molecule has 0 radical (unpaired) electrons. The van der Waals surface area contributed by atoms with Gasteiger partial charge >= 0.3 is 5.97 Å². The van der Waals surface area contributed by atoms with Crippen LogP contribution in [0.3, 0.4) is 0 Å². The first kappa shape index (κ1) is 23.6. The average molecular weight is 467 g/mol.